The van der Waals surface area contributed by atoms with E-state index in [1.165, 1.54) is 12.0 Å². The SMILES string of the molecule is C=C(NC(=O)C(=C)N1CC=C(C)C1=O)C(=O)OC.CC. The summed E-state index contributed by atoms with van der Waals surface area (Å²) in [5.41, 5.74) is 0.300. The molecule has 0 atom stereocenters. The molecule has 110 valence electrons. The lowest BCUT2D eigenvalue weighted by Gasteiger charge is -2.18. The number of esters is 1. The molecule has 0 unspecified atom stereocenters. The van der Waals surface area contributed by atoms with Crippen LogP contribution in [0.5, 0.6) is 0 Å². The minimum atomic E-state index is -0.752. The summed E-state index contributed by atoms with van der Waals surface area (Å²) in [6.45, 7) is 12.8. The molecular formula is C14H20N2O4. The summed E-state index contributed by atoms with van der Waals surface area (Å²) in [6, 6.07) is 0. The van der Waals surface area contributed by atoms with Crippen LogP contribution < -0.4 is 5.32 Å². The third-order valence-electron chi connectivity index (χ3n) is 2.45. The van der Waals surface area contributed by atoms with Crippen molar-refractivity contribution in [3.05, 3.63) is 36.2 Å². The van der Waals surface area contributed by atoms with Gasteiger partial charge in [-0.2, -0.15) is 0 Å². The van der Waals surface area contributed by atoms with Crippen LogP contribution in [-0.4, -0.2) is 36.3 Å². The quantitative estimate of drug-likeness (QED) is 0.618. The van der Waals surface area contributed by atoms with Gasteiger partial charge in [0.25, 0.3) is 11.8 Å². The van der Waals surface area contributed by atoms with Crippen LogP contribution in [0.15, 0.2) is 36.2 Å². The fourth-order valence-electron chi connectivity index (χ4n) is 1.35. The maximum absolute atomic E-state index is 11.7. The number of rotatable bonds is 4. The zero-order chi connectivity index (χ0) is 15.9. The number of hydrogen-bond donors (Lipinski definition) is 1. The van der Waals surface area contributed by atoms with E-state index >= 15 is 0 Å². The Morgan fingerprint density at radius 2 is 1.90 bits per heavy atom. The zero-order valence-electron chi connectivity index (χ0n) is 12.3. The highest BCUT2D eigenvalue weighted by Gasteiger charge is 2.27. The third-order valence-corrected chi connectivity index (χ3v) is 2.45. The molecule has 0 saturated carbocycles. The second-order valence-electron chi connectivity index (χ2n) is 3.67. The smallest absolute Gasteiger partial charge is 0.353 e. The number of nitrogens with one attached hydrogen (secondary N) is 1. The van der Waals surface area contributed by atoms with Crippen LogP contribution in [0.2, 0.25) is 0 Å². The first-order valence-electron chi connectivity index (χ1n) is 6.14. The molecule has 1 rings (SSSR count). The van der Waals surface area contributed by atoms with Crippen molar-refractivity contribution in [1.29, 1.82) is 0 Å². The van der Waals surface area contributed by atoms with Crippen LogP contribution in [0.1, 0.15) is 20.8 Å². The molecule has 0 bridgehead atoms. The van der Waals surface area contributed by atoms with Gasteiger partial charge in [-0.25, -0.2) is 4.79 Å². The van der Waals surface area contributed by atoms with Crippen molar-refractivity contribution >= 4 is 17.8 Å². The molecule has 0 saturated heterocycles. The Balaban J connectivity index is 0.00000172. The van der Waals surface area contributed by atoms with Gasteiger partial charge in [0.15, 0.2) is 0 Å². The van der Waals surface area contributed by atoms with Crippen LogP contribution >= 0.6 is 0 Å². The van der Waals surface area contributed by atoms with Crippen molar-refractivity contribution in [2.75, 3.05) is 13.7 Å². The summed E-state index contributed by atoms with van der Waals surface area (Å²) >= 11 is 0. The van der Waals surface area contributed by atoms with Crippen LogP contribution in [0.25, 0.3) is 0 Å². The summed E-state index contributed by atoms with van der Waals surface area (Å²) in [5, 5.41) is 2.22. The van der Waals surface area contributed by atoms with Crippen molar-refractivity contribution in [2.24, 2.45) is 0 Å². The molecule has 2 amide bonds. The highest BCUT2D eigenvalue weighted by Crippen LogP contribution is 2.15. The monoisotopic (exact) mass is 280 g/mol. The van der Waals surface area contributed by atoms with E-state index < -0.39 is 11.9 Å². The van der Waals surface area contributed by atoms with Crippen LogP contribution in [-0.2, 0) is 19.1 Å². The second-order valence-corrected chi connectivity index (χ2v) is 3.67. The summed E-state index contributed by atoms with van der Waals surface area (Å²) in [4.78, 5) is 35.6. The normalized spacial score (nSPS) is 12.9. The number of methoxy groups -OCH3 is 1. The fraction of sp³-hybridized carbons (Fsp3) is 0.357. The molecule has 1 aliphatic heterocycles. The first kappa shape index (κ1) is 17.6. The Morgan fingerprint density at radius 3 is 2.30 bits per heavy atom. The number of hydrogen-bond acceptors (Lipinski definition) is 4. The van der Waals surface area contributed by atoms with E-state index in [-0.39, 0.29) is 17.3 Å². The first-order valence-corrected chi connectivity index (χ1v) is 6.14. The van der Waals surface area contributed by atoms with E-state index in [2.05, 4.69) is 23.2 Å². The number of carbonyl (C=O) groups is 3. The molecule has 20 heavy (non-hydrogen) atoms. The lowest BCUT2D eigenvalue weighted by atomic mass is 10.3. The van der Waals surface area contributed by atoms with Gasteiger partial charge in [0.05, 0.1) is 7.11 Å². The fourth-order valence-corrected chi connectivity index (χ4v) is 1.35. The number of nitrogens with zero attached hydrogens (tertiary/aromatic N) is 1. The molecule has 1 aliphatic rings. The predicted octanol–water partition coefficient (Wildman–Crippen LogP) is 1.12. The number of amides is 2. The van der Waals surface area contributed by atoms with Gasteiger partial charge < -0.3 is 15.0 Å². The number of ether oxygens (including phenoxy) is 1. The zero-order valence-corrected chi connectivity index (χ0v) is 12.3. The molecule has 0 spiro atoms. The maximum atomic E-state index is 11.7. The van der Waals surface area contributed by atoms with Crippen molar-refractivity contribution < 1.29 is 19.1 Å². The molecule has 0 aromatic heterocycles. The number of carbonyl (C=O) groups excluding carboxylic acids is 3. The van der Waals surface area contributed by atoms with E-state index in [0.29, 0.717) is 12.1 Å². The minimum Gasteiger partial charge on any atom is -0.464 e. The van der Waals surface area contributed by atoms with Crippen molar-refractivity contribution in [3.63, 3.8) is 0 Å². The Kier molecular flexibility index (Phi) is 6.99. The molecule has 0 fully saturated rings. The lowest BCUT2D eigenvalue weighted by molar-refractivity contribution is -0.137. The van der Waals surface area contributed by atoms with Gasteiger partial charge in [-0.1, -0.05) is 33.1 Å². The van der Waals surface area contributed by atoms with Crippen LogP contribution in [0.3, 0.4) is 0 Å². The lowest BCUT2D eigenvalue weighted by Crippen LogP contribution is -2.37. The van der Waals surface area contributed by atoms with Gasteiger partial charge >= 0.3 is 5.97 Å². The second kappa shape index (κ2) is 7.93. The van der Waals surface area contributed by atoms with Gasteiger partial charge in [-0.05, 0) is 6.92 Å². The molecule has 0 aromatic carbocycles. The molecule has 0 aromatic rings. The Labute approximate surface area is 118 Å². The molecule has 0 aliphatic carbocycles. The van der Waals surface area contributed by atoms with Crippen molar-refractivity contribution in [2.45, 2.75) is 20.8 Å². The molecule has 6 heteroatoms. The maximum Gasteiger partial charge on any atom is 0.353 e. The van der Waals surface area contributed by atoms with E-state index in [0.717, 1.165) is 0 Å². The minimum absolute atomic E-state index is 0.0434. The summed E-state index contributed by atoms with van der Waals surface area (Å²) in [6.07, 6.45) is 1.69. The Morgan fingerprint density at radius 1 is 1.35 bits per heavy atom. The molecule has 0 radical (unpaired) electrons. The average Bonchev–Trinajstić information content (AvgIpc) is 2.79. The summed E-state index contributed by atoms with van der Waals surface area (Å²) in [5.74, 6) is -1.70. The highest BCUT2D eigenvalue weighted by atomic mass is 16.5. The van der Waals surface area contributed by atoms with Crippen LogP contribution in [0, 0.1) is 0 Å². The largest absolute Gasteiger partial charge is 0.464 e. The first-order chi connectivity index (χ1) is 9.38. The Hall–Kier alpha value is -2.37. The summed E-state index contributed by atoms with van der Waals surface area (Å²) < 4.78 is 4.38. The van der Waals surface area contributed by atoms with Gasteiger partial charge in [-0.15, -0.1) is 0 Å². The Bertz CT molecular complexity index is 478. The molecule has 1 N–H and O–H groups in total. The summed E-state index contributed by atoms with van der Waals surface area (Å²) in [7, 11) is 1.17. The predicted molar refractivity (Wildman–Crippen MR) is 75.3 cm³/mol. The van der Waals surface area contributed by atoms with Gasteiger partial charge in [0.2, 0.25) is 0 Å². The van der Waals surface area contributed by atoms with Crippen molar-refractivity contribution in [1.82, 2.24) is 10.2 Å². The standard InChI is InChI=1S/C12H14N2O4.C2H6/c1-7-5-6-14(11(7)16)9(3)10(15)13-8(2)12(17)18-4;1-2/h5H,2-3,6H2,1,4H3,(H,13,15);1-2H3. The van der Waals surface area contributed by atoms with E-state index in [1.807, 2.05) is 13.8 Å². The van der Waals surface area contributed by atoms with E-state index in [9.17, 15) is 14.4 Å². The third kappa shape index (κ3) is 4.08. The molecular weight excluding hydrogens is 260 g/mol. The average molecular weight is 280 g/mol. The van der Waals surface area contributed by atoms with E-state index in [1.54, 1.807) is 13.0 Å². The van der Waals surface area contributed by atoms with Gasteiger partial charge in [0.1, 0.15) is 11.4 Å². The van der Waals surface area contributed by atoms with Crippen molar-refractivity contribution in [3.8, 4) is 0 Å². The molecule has 6 nitrogen and oxygen atoms in total. The highest BCUT2D eigenvalue weighted by molar-refractivity contribution is 6.05. The van der Waals surface area contributed by atoms with Gasteiger partial charge in [-0.3, -0.25) is 9.59 Å². The van der Waals surface area contributed by atoms with Gasteiger partial charge in [0, 0.05) is 12.1 Å². The topological polar surface area (TPSA) is 75.7 Å². The molecule has 1 heterocycles. The van der Waals surface area contributed by atoms with E-state index in [4.69, 9.17) is 0 Å². The van der Waals surface area contributed by atoms with Crippen LogP contribution in [0.4, 0.5) is 0 Å².